The Kier molecular flexibility index (Phi) is 5.71. The van der Waals surface area contributed by atoms with E-state index in [2.05, 4.69) is 24.1 Å². The quantitative estimate of drug-likeness (QED) is 0.684. The molecule has 0 aromatic heterocycles. The van der Waals surface area contributed by atoms with Crippen LogP contribution in [0.5, 0.6) is 0 Å². The van der Waals surface area contributed by atoms with E-state index in [1.807, 2.05) is 13.8 Å². The van der Waals surface area contributed by atoms with Gasteiger partial charge in [-0.25, -0.2) is 0 Å². The van der Waals surface area contributed by atoms with Crippen LogP contribution in [0.1, 0.15) is 59.8 Å². The fraction of sp³-hybridized carbons (Fsp3) is 0.889. The molecule has 0 aromatic carbocycles. The van der Waals surface area contributed by atoms with Crippen molar-refractivity contribution in [2.24, 2.45) is 17.3 Å². The molecule has 2 fully saturated rings. The number of amides is 1. The lowest BCUT2D eigenvalue weighted by atomic mass is 9.80. The van der Waals surface area contributed by atoms with Gasteiger partial charge in [0.1, 0.15) is 0 Å². The van der Waals surface area contributed by atoms with Crippen molar-refractivity contribution in [2.75, 3.05) is 13.1 Å². The highest BCUT2D eigenvalue weighted by atomic mass is 16.4. The fourth-order valence-electron chi connectivity index (χ4n) is 3.65. The van der Waals surface area contributed by atoms with Crippen LogP contribution in [0, 0.1) is 17.3 Å². The van der Waals surface area contributed by atoms with Crippen LogP contribution >= 0.6 is 0 Å². The van der Waals surface area contributed by atoms with Crippen LogP contribution in [-0.4, -0.2) is 47.1 Å². The summed E-state index contributed by atoms with van der Waals surface area (Å²) < 4.78 is 0. The number of hydrogen-bond donors (Lipinski definition) is 2. The molecule has 0 atom stereocenters. The molecule has 23 heavy (non-hydrogen) atoms. The van der Waals surface area contributed by atoms with Gasteiger partial charge in [-0.2, -0.15) is 0 Å². The smallest absolute Gasteiger partial charge is 0.317 e. The Morgan fingerprint density at radius 3 is 2.35 bits per heavy atom. The minimum atomic E-state index is -0.754. The SMILES string of the molecule is CC(C)CC(C)(C)C(=O)NC1CC(N(CC(=O)O)CC2CC2)C1. The molecule has 5 heteroatoms. The number of carboxylic acids is 1. The molecule has 0 bridgehead atoms. The maximum atomic E-state index is 12.4. The Morgan fingerprint density at radius 2 is 1.87 bits per heavy atom. The average molecular weight is 324 g/mol. The lowest BCUT2D eigenvalue weighted by molar-refractivity contribution is -0.140. The third kappa shape index (κ3) is 5.48. The van der Waals surface area contributed by atoms with Crippen molar-refractivity contribution < 1.29 is 14.7 Å². The lowest BCUT2D eigenvalue weighted by Crippen LogP contribution is -2.57. The second-order valence-electron chi connectivity index (χ2n) is 8.54. The summed E-state index contributed by atoms with van der Waals surface area (Å²) >= 11 is 0. The first-order valence-electron chi connectivity index (χ1n) is 8.94. The largest absolute Gasteiger partial charge is 0.480 e. The number of carbonyl (C=O) groups excluding carboxylic acids is 1. The summed E-state index contributed by atoms with van der Waals surface area (Å²) in [5, 5.41) is 12.2. The summed E-state index contributed by atoms with van der Waals surface area (Å²) in [6.45, 7) is 9.30. The van der Waals surface area contributed by atoms with E-state index < -0.39 is 5.97 Å². The zero-order valence-corrected chi connectivity index (χ0v) is 15.0. The summed E-state index contributed by atoms with van der Waals surface area (Å²) in [5.41, 5.74) is -0.339. The number of aliphatic carboxylic acids is 1. The first-order chi connectivity index (χ1) is 10.7. The molecule has 5 nitrogen and oxygen atoms in total. The molecule has 2 saturated carbocycles. The molecule has 0 spiro atoms. The van der Waals surface area contributed by atoms with E-state index in [0.717, 1.165) is 25.8 Å². The van der Waals surface area contributed by atoms with Gasteiger partial charge in [-0.15, -0.1) is 0 Å². The van der Waals surface area contributed by atoms with Gasteiger partial charge >= 0.3 is 5.97 Å². The van der Waals surface area contributed by atoms with Gasteiger partial charge in [0, 0.05) is 24.0 Å². The van der Waals surface area contributed by atoms with Gasteiger partial charge in [-0.1, -0.05) is 27.7 Å². The van der Waals surface area contributed by atoms with Crippen LogP contribution in [0.4, 0.5) is 0 Å². The zero-order chi connectivity index (χ0) is 17.2. The van der Waals surface area contributed by atoms with Crippen LogP contribution in [0.15, 0.2) is 0 Å². The van der Waals surface area contributed by atoms with Gasteiger partial charge < -0.3 is 10.4 Å². The molecule has 0 unspecified atom stereocenters. The van der Waals surface area contributed by atoms with Crippen LogP contribution < -0.4 is 5.32 Å². The number of carbonyl (C=O) groups is 2. The van der Waals surface area contributed by atoms with E-state index in [9.17, 15) is 9.59 Å². The first-order valence-corrected chi connectivity index (χ1v) is 8.94. The number of hydrogen-bond acceptors (Lipinski definition) is 3. The molecule has 2 aliphatic rings. The van der Waals surface area contributed by atoms with Crippen molar-refractivity contribution in [1.29, 1.82) is 0 Å². The van der Waals surface area contributed by atoms with Crippen LogP contribution in [0.2, 0.25) is 0 Å². The van der Waals surface area contributed by atoms with E-state index in [1.54, 1.807) is 0 Å². The van der Waals surface area contributed by atoms with E-state index in [-0.39, 0.29) is 23.9 Å². The molecule has 0 aliphatic heterocycles. The fourth-order valence-corrected chi connectivity index (χ4v) is 3.65. The van der Waals surface area contributed by atoms with Crippen LogP contribution in [-0.2, 0) is 9.59 Å². The molecule has 2 aliphatic carbocycles. The highest BCUT2D eigenvalue weighted by Gasteiger charge is 2.39. The Balaban J connectivity index is 1.78. The van der Waals surface area contributed by atoms with Gasteiger partial charge in [0.2, 0.25) is 5.91 Å². The van der Waals surface area contributed by atoms with Crippen molar-refractivity contribution in [2.45, 2.75) is 71.9 Å². The van der Waals surface area contributed by atoms with Crippen molar-refractivity contribution in [3.63, 3.8) is 0 Å². The highest BCUT2D eigenvalue weighted by Crippen LogP contribution is 2.34. The number of nitrogens with one attached hydrogen (secondary N) is 1. The summed E-state index contributed by atoms with van der Waals surface area (Å²) in [7, 11) is 0. The lowest BCUT2D eigenvalue weighted by Gasteiger charge is -2.43. The molecule has 0 aromatic rings. The van der Waals surface area contributed by atoms with Crippen molar-refractivity contribution in [3.8, 4) is 0 Å². The standard InChI is InChI=1S/C18H32N2O3/c1-12(2)9-18(3,4)17(23)19-14-7-15(8-14)20(11-16(21)22)10-13-5-6-13/h12-15H,5-11H2,1-4H3,(H,19,23)(H,21,22). The van der Waals surface area contributed by atoms with Gasteiger partial charge in [0.15, 0.2) is 0 Å². The average Bonchev–Trinajstić information content (AvgIpc) is 3.13. The third-order valence-corrected chi connectivity index (χ3v) is 5.03. The molecule has 0 saturated heterocycles. The van der Waals surface area contributed by atoms with E-state index >= 15 is 0 Å². The molecule has 2 rings (SSSR count). The summed E-state index contributed by atoms with van der Waals surface area (Å²) in [4.78, 5) is 25.6. The van der Waals surface area contributed by atoms with Crippen molar-refractivity contribution in [3.05, 3.63) is 0 Å². The molecule has 0 radical (unpaired) electrons. The van der Waals surface area contributed by atoms with Crippen LogP contribution in [0.3, 0.4) is 0 Å². The first kappa shape index (κ1) is 18.2. The van der Waals surface area contributed by atoms with Gasteiger partial charge in [-0.05, 0) is 43.9 Å². The second kappa shape index (κ2) is 7.20. The number of nitrogens with zero attached hydrogens (tertiary/aromatic N) is 1. The van der Waals surface area contributed by atoms with Crippen molar-refractivity contribution >= 4 is 11.9 Å². The molecule has 1 amide bonds. The number of rotatable bonds is 9. The van der Waals surface area contributed by atoms with Gasteiger partial charge in [0.05, 0.1) is 6.54 Å². The second-order valence-corrected chi connectivity index (χ2v) is 8.54. The summed E-state index contributed by atoms with van der Waals surface area (Å²) in [6, 6.07) is 0.514. The van der Waals surface area contributed by atoms with E-state index in [0.29, 0.717) is 17.9 Å². The third-order valence-electron chi connectivity index (χ3n) is 5.03. The minimum absolute atomic E-state index is 0.126. The van der Waals surface area contributed by atoms with E-state index in [4.69, 9.17) is 5.11 Å². The highest BCUT2D eigenvalue weighted by molar-refractivity contribution is 5.82. The summed E-state index contributed by atoms with van der Waals surface area (Å²) in [6.07, 6.45) is 5.09. The predicted molar refractivity (Wildman–Crippen MR) is 90.1 cm³/mol. The van der Waals surface area contributed by atoms with Gasteiger partial charge in [-0.3, -0.25) is 14.5 Å². The molecular formula is C18H32N2O3. The molecule has 132 valence electrons. The molecule has 2 N–H and O–H groups in total. The summed E-state index contributed by atoms with van der Waals surface area (Å²) in [5.74, 6) is 0.556. The maximum Gasteiger partial charge on any atom is 0.317 e. The van der Waals surface area contributed by atoms with Gasteiger partial charge in [0.25, 0.3) is 0 Å². The normalized spacial score (nSPS) is 24.6. The predicted octanol–water partition coefficient (Wildman–Crippen LogP) is 2.50. The monoisotopic (exact) mass is 324 g/mol. The molecule has 0 heterocycles. The van der Waals surface area contributed by atoms with Crippen LogP contribution in [0.25, 0.3) is 0 Å². The Hall–Kier alpha value is -1.10. The zero-order valence-electron chi connectivity index (χ0n) is 15.0. The molecular weight excluding hydrogens is 292 g/mol. The Bertz CT molecular complexity index is 438. The Labute approximate surface area is 139 Å². The van der Waals surface area contributed by atoms with E-state index in [1.165, 1.54) is 12.8 Å². The number of carboxylic acid groups (broad SMARTS) is 1. The maximum absolute atomic E-state index is 12.4. The Morgan fingerprint density at radius 1 is 1.26 bits per heavy atom. The van der Waals surface area contributed by atoms with Crippen molar-refractivity contribution in [1.82, 2.24) is 10.2 Å². The minimum Gasteiger partial charge on any atom is -0.480 e. The topological polar surface area (TPSA) is 69.6 Å².